The van der Waals surface area contributed by atoms with Gasteiger partial charge in [-0.15, -0.1) is 0 Å². The number of amides is 2. The summed E-state index contributed by atoms with van der Waals surface area (Å²) in [5.41, 5.74) is 2.12. The van der Waals surface area contributed by atoms with Gasteiger partial charge in [0.25, 0.3) is 0 Å². The second-order valence-electron chi connectivity index (χ2n) is 9.15. The molecule has 1 saturated carbocycles. The first kappa shape index (κ1) is 22.7. The predicted octanol–water partition coefficient (Wildman–Crippen LogP) is 3.99. The summed E-state index contributed by atoms with van der Waals surface area (Å²) >= 11 is 5.41. The van der Waals surface area contributed by atoms with Crippen LogP contribution in [0.25, 0.3) is 11.4 Å². The molecular formula is C24H33N5O2S. The minimum Gasteiger partial charge on any atom is -0.353 e. The largest absolute Gasteiger partial charge is 0.353 e. The number of piperidine rings is 1. The molecule has 1 aliphatic heterocycles. The van der Waals surface area contributed by atoms with Gasteiger partial charge in [0, 0.05) is 37.7 Å². The Labute approximate surface area is 194 Å². The molecule has 1 aromatic heterocycles. The van der Waals surface area contributed by atoms with Crippen LogP contribution in [0.1, 0.15) is 56.9 Å². The highest BCUT2D eigenvalue weighted by Crippen LogP contribution is 2.22. The van der Waals surface area contributed by atoms with Crippen LogP contribution in [0.2, 0.25) is 0 Å². The Kier molecular flexibility index (Phi) is 7.40. The summed E-state index contributed by atoms with van der Waals surface area (Å²) in [5, 5.41) is 10.5. The van der Waals surface area contributed by atoms with Gasteiger partial charge in [0.2, 0.25) is 11.8 Å². The monoisotopic (exact) mass is 455 g/mol. The average molecular weight is 456 g/mol. The van der Waals surface area contributed by atoms with Crippen LogP contribution in [0.4, 0.5) is 0 Å². The molecule has 4 rings (SSSR count). The topological polar surface area (TPSA) is 83.0 Å². The van der Waals surface area contributed by atoms with Gasteiger partial charge >= 0.3 is 0 Å². The minimum atomic E-state index is -0.103. The maximum Gasteiger partial charge on any atom is 0.225 e. The van der Waals surface area contributed by atoms with Gasteiger partial charge < -0.3 is 10.2 Å². The summed E-state index contributed by atoms with van der Waals surface area (Å²) in [5.74, 6) is 0.829. The lowest BCUT2D eigenvalue weighted by molar-refractivity contribution is -0.136. The number of carbonyl (C=O) groups excluding carboxylic acids is 2. The molecular weight excluding hydrogens is 422 g/mol. The maximum atomic E-state index is 13.0. The number of aromatic nitrogens is 3. The van der Waals surface area contributed by atoms with Crippen molar-refractivity contribution in [1.29, 1.82) is 0 Å². The second kappa shape index (κ2) is 10.4. The Morgan fingerprint density at radius 2 is 2.00 bits per heavy atom. The van der Waals surface area contributed by atoms with Crippen molar-refractivity contribution in [2.45, 2.75) is 70.9 Å². The summed E-state index contributed by atoms with van der Waals surface area (Å²) in [7, 11) is 0. The molecule has 32 heavy (non-hydrogen) atoms. The van der Waals surface area contributed by atoms with E-state index in [4.69, 9.17) is 12.2 Å². The molecule has 2 aliphatic rings. The fourth-order valence-electron chi connectivity index (χ4n) is 4.88. The summed E-state index contributed by atoms with van der Waals surface area (Å²) < 4.78 is 2.40. The second-order valence-corrected chi connectivity index (χ2v) is 9.53. The normalized spacial score (nSPS) is 19.7. The van der Waals surface area contributed by atoms with E-state index in [0.29, 0.717) is 36.9 Å². The van der Waals surface area contributed by atoms with Gasteiger partial charge in [-0.2, -0.15) is 5.10 Å². The zero-order valence-electron chi connectivity index (χ0n) is 18.8. The Morgan fingerprint density at radius 3 is 2.78 bits per heavy atom. The smallest absolute Gasteiger partial charge is 0.225 e. The van der Waals surface area contributed by atoms with Crippen molar-refractivity contribution >= 4 is 24.0 Å². The Balaban J connectivity index is 1.35. The highest BCUT2D eigenvalue weighted by Gasteiger charge is 2.29. The fourth-order valence-corrected chi connectivity index (χ4v) is 5.10. The number of likely N-dealkylation sites (tertiary alicyclic amines) is 1. The van der Waals surface area contributed by atoms with E-state index >= 15 is 0 Å². The summed E-state index contributed by atoms with van der Waals surface area (Å²) in [6.45, 7) is 3.73. The number of hydrogen-bond acceptors (Lipinski definition) is 4. The Hall–Kier alpha value is -2.48. The van der Waals surface area contributed by atoms with Crippen molar-refractivity contribution in [1.82, 2.24) is 25.0 Å². The van der Waals surface area contributed by atoms with Crippen LogP contribution >= 0.6 is 12.2 Å². The summed E-state index contributed by atoms with van der Waals surface area (Å²) in [6, 6.07) is 8.39. The van der Waals surface area contributed by atoms with E-state index in [1.54, 1.807) is 0 Å². The molecule has 1 saturated heterocycles. The standard InChI is InChI=1S/C24H33N5O2S/c1-17-7-5-8-18(15-17)22-26-27-24(32)29(22)14-12-21(30)28-13-6-9-19(16-28)23(31)25-20-10-3-2-4-11-20/h5,7-8,15,19-20H,2-4,6,9-14,16H2,1H3,(H,25,31)(H,27,32). The third kappa shape index (κ3) is 5.46. The molecule has 1 aliphatic carbocycles. The SMILES string of the molecule is Cc1cccc(-c2n[nH]c(=S)n2CCC(=O)N2CCCC(C(=O)NC3CCCCC3)C2)c1. The number of carbonyl (C=O) groups is 2. The molecule has 0 radical (unpaired) electrons. The third-order valence-electron chi connectivity index (χ3n) is 6.68. The van der Waals surface area contributed by atoms with Crippen molar-refractivity contribution in [2.24, 2.45) is 5.92 Å². The molecule has 2 amide bonds. The van der Waals surface area contributed by atoms with E-state index < -0.39 is 0 Å². The van der Waals surface area contributed by atoms with Crippen molar-refractivity contribution < 1.29 is 9.59 Å². The molecule has 2 fully saturated rings. The van der Waals surface area contributed by atoms with Gasteiger partial charge in [-0.1, -0.05) is 43.0 Å². The van der Waals surface area contributed by atoms with Gasteiger partial charge in [0.05, 0.1) is 5.92 Å². The van der Waals surface area contributed by atoms with Gasteiger partial charge in [-0.05, 0) is 50.9 Å². The first-order valence-corrected chi connectivity index (χ1v) is 12.2. The predicted molar refractivity (Wildman–Crippen MR) is 127 cm³/mol. The van der Waals surface area contributed by atoms with Gasteiger partial charge in [-0.3, -0.25) is 19.3 Å². The number of benzene rings is 1. The van der Waals surface area contributed by atoms with Crippen molar-refractivity contribution in [2.75, 3.05) is 13.1 Å². The van der Waals surface area contributed by atoms with E-state index in [-0.39, 0.29) is 17.7 Å². The molecule has 7 nitrogen and oxygen atoms in total. The average Bonchev–Trinajstić information content (AvgIpc) is 3.18. The van der Waals surface area contributed by atoms with Crippen molar-refractivity contribution in [3.63, 3.8) is 0 Å². The van der Waals surface area contributed by atoms with Crippen LogP contribution in [0.15, 0.2) is 24.3 Å². The Morgan fingerprint density at radius 1 is 1.19 bits per heavy atom. The molecule has 2 N–H and O–H groups in total. The number of hydrogen-bond donors (Lipinski definition) is 2. The first-order chi connectivity index (χ1) is 15.5. The molecule has 1 unspecified atom stereocenters. The number of H-pyrrole nitrogens is 1. The summed E-state index contributed by atoms with van der Waals surface area (Å²) in [6.07, 6.45) is 7.88. The van der Waals surface area contributed by atoms with Gasteiger partial charge in [0.15, 0.2) is 10.6 Å². The third-order valence-corrected chi connectivity index (χ3v) is 6.99. The van der Waals surface area contributed by atoms with Gasteiger partial charge in [-0.25, -0.2) is 0 Å². The fraction of sp³-hybridized carbons (Fsp3) is 0.583. The van der Waals surface area contributed by atoms with E-state index in [1.165, 1.54) is 19.3 Å². The highest BCUT2D eigenvalue weighted by atomic mass is 32.1. The molecule has 1 atom stereocenters. The molecule has 2 aromatic rings. The van der Waals surface area contributed by atoms with Crippen LogP contribution in [0.5, 0.6) is 0 Å². The number of nitrogens with zero attached hydrogens (tertiary/aromatic N) is 3. The zero-order valence-corrected chi connectivity index (χ0v) is 19.6. The number of aromatic amines is 1. The lowest BCUT2D eigenvalue weighted by Crippen LogP contribution is -2.48. The lowest BCUT2D eigenvalue weighted by Gasteiger charge is -2.33. The number of rotatable bonds is 6. The molecule has 0 bridgehead atoms. The number of aryl methyl sites for hydroxylation is 1. The van der Waals surface area contributed by atoms with Crippen molar-refractivity contribution in [3.8, 4) is 11.4 Å². The first-order valence-electron chi connectivity index (χ1n) is 11.8. The van der Waals surface area contributed by atoms with Crippen LogP contribution in [0, 0.1) is 17.6 Å². The summed E-state index contributed by atoms with van der Waals surface area (Å²) in [4.78, 5) is 27.6. The van der Waals surface area contributed by atoms with Gasteiger partial charge in [0.1, 0.15) is 0 Å². The molecule has 2 heterocycles. The Bertz CT molecular complexity index is 1010. The molecule has 1 aromatic carbocycles. The van der Waals surface area contributed by atoms with Crippen LogP contribution < -0.4 is 5.32 Å². The van der Waals surface area contributed by atoms with Crippen LogP contribution in [0.3, 0.4) is 0 Å². The molecule has 172 valence electrons. The van der Waals surface area contributed by atoms with E-state index in [9.17, 15) is 9.59 Å². The molecule has 8 heteroatoms. The van der Waals surface area contributed by atoms with Crippen LogP contribution in [-0.4, -0.2) is 50.6 Å². The van der Waals surface area contributed by atoms with E-state index in [1.807, 2.05) is 34.6 Å². The molecule has 0 spiro atoms. The van der Waals surface area contributed by atoms with Crippen LogP contribution in [-0.2, 0) is 16.1 Å². The van der Waals surface area contributed by atoms with E-state index in [0.717, 1.165) is 42.6 Å². The quantitative estimate of drug-likeness (QED) is 0.645. The van der Waals surface area contributed by atoms with E-state index in [2.05, 4.69) is 21.6 Å². The van der Waals surface area contributed by atoms with Crippen molar-refractivity contribution in [3.05, 3.63) is 34.6 Å². The lowest BCUT2D eigenvalue weighted by atomic mass is 9.93. The minimum absolute atomic E-state index is 0.0680. The highest BCUT2D eigenvalue weighted by molar-refractivity contribution is 7.71. The zero-order chi connectivity index (χ0) is 22.5. The maximum absolute atomic E-state index is 13.0. The number of nitrogens with one attached hydrogen (secondary N) is 2.